The number of nitrogens with zero attached hydrogens (tertiary/aromatic N) is 1. The van der Waals surface area contributed by atoms with Crippen LogP contribution in [0.3, 0.4) is 0 Å². The van der Waals surface area contributed by atoms with Crippen LogP contribution in [-0.4, -0.2) is 52.9 Å². The maximum atomic E-state index is 11.1. The highest BCUT2D eigenvalue weighted by atomic mass is 32.2. The second-order valence-corrected chi connectivity index (χ2v) is 6.28. The van der Waals surface area contributed by atoms with Gasteiger partial charge in [-0.3, -0.25) is 0 Å². The van der Waals surface area contributed by atoms with E-state index < -0.39 is 10.1 Å². The lowest BCUT2D eigenvalue weighted by atomic mass is 10.2. The summed E-state index contributed by atoms with van der Waals surface area (Å²) in [6.45, 7) is 1.19. The normalized spacial score (nSPS) is 18.4. The van der Waals surface area contributed by atoms with E-state index in [0.717, 1.165) is 12.8 Å². The molecule has 0 bridgehead atoms. The first-order valence-electron chi connectivity index (χ1n) is 5.81. The quantitative estimate of drug-likeness (QED) is 0.761. The van der Waals surface area contributed by atoms with Crippen LogP contribution in [0.4, 0.5) is 0 Å². The minimum Gasteiger partial charge on any atom is -0.486 e. The Morgan fingerprint density at radius 2 is 2.11 bits per heavy atom. The monoisotopic (exact) mass is 287 g/mol. The van der Waals surface area contributed by atoms with Gasteiger partial charge >= 0.3 is 10.1 Å². The summed E-state index contributed by atoms with van der Waals surface area (Å²) in [5.41, 5.74) is 0. The van der Waals surface area contributed by atoms with E-state index >= 15 is 0 Å². The molecule has 106 valence electrons. The molecule has 0 saturated carbocycles. The second-order valence-electron chi connectivity index (χ2n) is 4.71. The van der Waals surface area contributed by atoms with Gasteiger partial charge in [-0.25, -0.2) is 0 Å². The molecule has 7 heteroatoms. The van der Waals surface area contributed by atoms with Gasteiger partial charge in [-0.1, -0.05) is 0 Å². The van der Waals surface area contributed by atoms with Gasteiger partial charge in [0.15, 0.2) is 11.5 Å². The molecule has 0 fully saturated rings. The molecule has 0 saturated heterocycles. The van der Waals surface area contributed by atoms with E-state index in [-0.39, 0.29) is 11.9 Å². The van der Waals surface area contributed by atoms with E-state index in [1.165, 1.54) is 12.1 Å². The number of hydrogen-bond donors (Lipinski definition) is 0. The van der Waals surface area contributed by atoms with Crippen molar-refractivity contribution in [2.24, 2.45) is 0 Å². The average molecular weight is 287 g/mol. The highest BCUT2D eigenvalue weighted by molar-refractivity contribution is 7.86. The molecule has 0 amide bonds. The SMILES string of the molecule is CN(C)CC1COc2ccc(OS(C)(=O)=O)cc2O1. The van der Waals surface area contributed by atoms with Crippen molar-refractivity contribution in [2.45, 2.75) is 6.10 Å². The van der Waals surface area contributed by atoms with Crippen LogP contribution in [0.15, 0.2) is 18.2 Å². The summed E-state index contributed by atoms with van der Waals surface area (Å²) >= 11 is 0. The largest absolute Gasteiger partial charge is 0.486 e. The molecule has 19 heavy (non-hydrogen) atoms. The highest BCUT2D eigenvalue weighted by Gasteiger charge is 2.22. The summed E-state index contributed by atoms with van der Waals surface area (Å²) in [5, 5.41) is 0. The van der Waals surface area contributed by atoms with Gasteiger partial charge in [0, 0.05) is 12.6 Å². The summed E-state index contributed by atoms with van der Waals surface area (Å²) in [6.07, 6.45) is 0.912. The van der Waals surface area contributed by atoms with Gasteiger partial charge in [0.1, 0.15) is 18.5 Å². The highest BCUT2D eigenvalue weighted by Crippen LogP contribution is 2.35. The third-order valence-corrected chi connectivity index (χ3v) is 2.95. The third kappa shape index (κ3) is 4.00. The summed E-state index contributed by atoms with van der Waals surface area (Å²) in [7, 11) is 0.352. The van der Waals surface area contributed by atoms with Crippen LogP contribution in [0.1, 0.15) is 0 Å². The lowest BCUT2D eigenvalue weighted by molar-refractivity contribution is 0.0709. The van der Waals surface area contributed by atoms with E-state index in [4.69, 9.17) is 13.7 Å². The van der Waals surface area contributed by atoms with E-state index in [1.54, 1.807) is 6.07 Å². The molecule has 0 spiro atoms. The topological polar surface area (TPSA) is 65.1 Å². The first-order valence-corrected chi connectivity index (χ1v) is 7.63. The number of rotatable bonds is 4. The zero-order valence-corrected chi connectivity index (χ0v) is 11.9. The van der Waals surface area contributed by atoms with Crippen molar-refractivity contribution in [3.05, 3.63) is 18.2 Å². The number of benzene rings is 1. The molecule has 1 aliphatic heterocycles. The van der Waals surface area contributed by atoms with Gasteiger partial charge in [-0.15, -0.1) is 0 Å². The fourth-order valence-corrected chi connectivity index (χ4v) is 2.27. The summed E-state index contributed by atoms with van der Waals surface area (Å²) < 4.78 is 38.3. The third-order valence-electron chi connectivity index (χ3n) is 2.45. The molecule has 0 aromatic heterocycles. The molecule has 1 unspecified atom stereocenters. The Labute approximate surface area is 113 Å². The van der Waals surface area contributed by atoms with Crippen molar-refractivity contribution in [3.8, 4) is 17.2 Å². The molecule has 2 rings (SSSR count). The van der Waals surface area contributed by atoms with E-state index in [2.05, 4.69) is 0 Å². The number of likely N-dealkylation sites (N-methyl/N-ethyl adjacent to an activating group) is 1. The van der Waals surface area contributed by atoms with Crippen LogP contribution in [0.5, 0.6) is 17.2 Å². The zero-order valence-electron chi connectivity index (χ0n) is 11.1. The lowest BCUT2D eigenvalue weighted by Crippen LogP contribution is -2.37. The average Bonchev–Trinajstić information content (AvgIpc) is 2.25. The first-order chi connectivity index (χ1) is 8.83. The molecule has 0 radical (unpaired) electrons. The van der Waals surface area contributed by atoms with Crippen molar-refractivity contribution >= 4 is 10.1 Å². The van der Waals surface area contributed by atoms with Crippen LogP contribution in [0.25, 0.3) is 0 Å². The Hall–Kier alpha value is -1.47. The van der Waals surface area contributed by atoms with Crippen molar-refractivity contribution in [1.82, 2.24) is 4.90 Å². The predicted octanol–water partition coefficient (Wildman–Crippen LogP) is 0.726. The summed E-state index contributed by atoms with van der Waals surface area (Å²) in [4.78, 5) is 2.00. The van der Waals surface area contributed by atoms with Crippen molar-refractivity contribution in [2.75, 3.05) is 33.5 Å². The Balaban J connectivity index is 2.15. The van der Waals surface area contributed by atoms with Gasteiger partial charge in [0.2, 0.25) is 0 Å². The molecule has 1 aromatic rings. The Bertz CT molecular complexity index is 555. The minimum absolute atomic E-state index is 0.0871. The molecule has 1 aromatic carbocycles. The predicted molar refractivity (Wildman–Crippen MR) is 70.4 cm³/mol. The first kappa shape index (κ1) is 14.0. The minimum atomic E-state index is -3.54. The van der Waals surface area contributed by atoms with Crippen LogP contribution in [-0.2, 0) is 10.1 Å². The van der Waals surface area contributed by atoms with E-state index in [1.807, 2.05) is 19.0 Å². The molecule has 1 atom stereocenters. The maximum Gasteiger partial charge on any atom is 0.306 e. The number of ether oxygens (including phenoxy) is 2. The van der Waals surface area contributed by atoms with Gasteiger partial charge in [0.05, 0.1) is 6.26 Å². The fraction of sp³-hybridized carbons (Fsp3) is 0.500. The van der Waals surface area contributed by atoms with Gasteiger partial charge < -0.3 is 18.6 Å². The number of fused-ring (bicyclic) bond motifs is 1. The van der Waals surface area contributed by atoms with Crippen molar-refractivity contribution in [1.29, 1.82) is 0 Å². The molecule has 0 aliphatic carbocycles. The van der Waals surface area contributed by atoms with Crippen molar-refractivity contribution in [3.63, 3.8) is 0 Å². The van der Waals surface area contributed by atoms with Crippen LogP contribution < -0.4 is 13.7 Å². The second kappa shape index (κ2) is 5.26. The van der Waals surface area contributed by atoms with Crippen LogP contribution >= 0.6 is 0 Å². The Kier molecular flexibility index (Phi) is 3.86. The molecule has 1 aliphatic rings. The van der Waals surface area contributed by atoms with Crippen LogP contribution in [0, 0.1) is 0 Å². The maximum absolute atomic E-state index is 11.1. The zero-order chi connectivity index (χ0) is 14.0. The smallest absolute Gasteiger partial charge is 0.306 e. The summed E-state index contributed by atoms with van der Waals surface area (Å²) in [6, 6.07) is 4.70. The van der Waals surface area contributed by atoms with E-state index in [9.17, 15) is 8.42 Å². The lowest BCUT2D eigenvalue weighted by Gasteiger charge is -2.28. The number of hydrogen-bond acceptors (Lipinski definition) is 6. The molecular weight excluding hydrogens is 270 g/mol. The standard InChI is InChI=1S/C12H17NO5S/c1-13(2)7-10-8-16-11-5-4-9(6-12(11)17-10)18-19(3,14)15/h4-6,10H,7-8H2,1-3H3. The van der Waals surface area contributed by atoms with Crippen LogP contribution in [0.2, 0.25) is 0 Å². The molecule has 0 N–H and O–H groups in total. The molecule has 1 heterocycles. The van der Waals surface area contributed by atoms with Gasteiger partial charge in [-0.05, 0) is 26.2 Å². The van der Waals surface area contributed by atoms with E-state index in [0.29, 0.717) is 18.1 Å². The molecular formula is C12H17NO5S. The van der Waals surface area contributed by atoms with Gasteiger partial charge in [-0.2, -0.15) is 8.42 Å². The van der Waals surface area contributed by atoms with Gasteiger partial charge in [0.25, 0.3) is 0 Å². The molecule has 6 nitrogen and oxygen atoms in total. The Morgan fingerprint density at radius 1 is 1.37 bits per heavy atom. The van der Waals surface area contributed by atoms with Crippen molar-refractivity contribution < 1.29 is 22.1 Å². The summed E-state index contributed by atoms with van der Waals surface area (Å²) in [5.74, 6) is 1.31. The Morgan fingerprint density at radius 3 is 2.74 bits per heavy atom. The fourth-order valence-electron chi connectivity index (χ4n) is 1.82.